The molecule has 0 unspecified atom stereocenters. The number of carbonyl (C=O) groups excluding carboxylic acids is 2. The maximum Gasteiger partial charge on any atom is 0.399 e. The second-order valence-corrected chi connectivity index (χ2v) is 4.33. The average molecular weight is 296 g/mol. The van der Waals surface area contributed by atoms with Crippen LogP contribution in [0.25, 0.3) is 0 Å². The maximum atomic E-state index is 12.2. The van der Waals surface area contributed by atoms with Crippen molar-refractivity contribution in [3.8, 4) is 0 Å². The van der Waals surface area contributed by atoms with Crippen LogP contribution in [-0.4, -0.2) is 24.7 Å². The number of hydrogen-bond donors (Lipinski definition) is 0. The molecule has 0 N–H and O–H groups in total. The van der Waals surface area contributed by atoms with Gasteiger partial charge in [0.2, 0.25) is 0 Å². The van der Waals surface area contributed by atoms with Gasteiger partial charge in [0.1, 0.15) is 0 Å². The van der Waals surface area contributed by atoms with Crippen molar-refractivity contribution in [1.29, 1.82) is 0 Å². The van der Waals surface area contributed by atoms with Gasteiger partial charge in [0.15, 0.2) is 0 Å². The maximum absolute atomic E-state index is 12.2. The van der Waals surface area contributed by atoms with Gasteiger partial charge >= 0.3 is 11.9 Å². The number of para-hydroxylation sites is 1. The second kappa shape index (κ2) is 7.73. The van der Waals surface area contributed by atoms with Crippen molar-refractivity contribution >= 4 is 23.8 Å². The summed E-state index contributed by atoms with van der Waals surface area (Å²) in [6.07, 6.45) is 1.52. The molecule has 0 bridgehead atoms. The standard InChI is InChI=1S/C17H16N2O3/c1-2-22-17(21)16(20)19(15-11-7-4-8-12-15)18-13-14-9-5-3-6-10-14/h3-13H,2H2,1H3/b18-13-. The van der Waals surface area contributed by atoms with Gasteiger partial charge in [-0.2, -0.15) is 10.1 Å². The van der Waals surface area contributed by atoms with Crippen LogP contribution in [0, 0.1) is 0 Å². The summed E-state index contributed by atoms with van der Waals surface area (Å²) in [6.45, 7) is 1.78. The molecule has 2 aromatic carbocycles. The van der Waals surface area contributed by atoms with Crippen molar-refractivity contribution in [1.82, 2.24) is 0 Å². The van der Waals surface area contributed by atoms with Gasteiger partial charge in [-0.25, -0.2) is 4.79 Å². The fourth-order valence-electron chi connectivity index (χ4n) is 1.75. The number of ether oxygens (including phenoxy) is 1. The van der Waals surface area contributed by atoms with Crippen LogP contribution in [0.15, 0.2) is 65.8 Å². The first-order valence-corrected chi connectivity index (χ1v) is 6.87. The van der Waals surface area contributed by atoms with Crippen LogP contribution in [0.4, 0.5) is 5.69 Å². The van der Waals surface area contributed by atoms with E-state index in [1.54, 1.807) is 31.2 Å². The quantitative estimate of drug-likeness (QED) is 0.377. The minimum atomic E-state index is -0.934. The summed E-state index contributed by atoms with van der Waals surface area (Å²) in [6, 6.07) is 18.0. The molecule has 0 aliphatic rings. The first-order chi connectivity index (χ1) is 10.7. The highest BCUT2D eigenvalue weighted by atomic mass is 16.5. The molecular formula is C17H16N2O3. The van der Waals surface area contributed by atoms with E-state index < -0.39 is 11.9 Å². The Kier molecular flexibility index (Phi) is 5.43. The molecule has 5 heteroatoms. The third-order valence-corrected chi connectivity index (χ3v) is 2.77. The van der Waals surface area contributed by atoms with Crippen molar-refractivity contribution in [2.45, 2.75) is 6.92 Å². The van der Waals surface area contributed by atoms with E-state index in [1.807, 2.05) is 36.4 Å². The van der Waals surface area contributed by atoms with E-state index in [0.29, 0.717) is 5.69 Å². The van der Waals surface area contributed by atoms with Crippen molar-refractivity contribution in [3.63, 3.8) is 0 Å². The van der Waals surface area contributed by atoms with E-state index in [9.17, 15) is 9.59 Å². The van der Waals surface area contributed by atoms with Gasteiger partial charge in [-0.3, -0.25) is 4.79 Å². The van der Waals surface area contributed by atoms with E-state index in [-0.39, 0.29) is 6.61 Å². The Bertz CT molecular complexity index is 654. The number of rotatable bonds is 4. The fraction of sp³-hybridized carbons (Fsp3) is 0.118. The lowest BCUT2D eigenvalue weighted by Gasteiger charge is -2.15. The average Bonchev–Trinajstić information content (AvgIpc) is 2.57. The van der Waals surface area contributed by atoms with Gasteiger partial charge in [0.25, 0.3) is 0 Å². The first-order valence-electron chi connectivity index (χ1n) is 6.87. The normalized spacial score (nSPS) is 10.4. The Balaban J connectivity index is 2.28. The Morgan fingerprint density at radius 3 is 2.23 bits per heavy atom. The molecule has 1 amide bonds. The van der Waals surface area contributed by atoms with E-state index in [0.717, 1.165) is 10.6 Å². The molecule has 22 heavy (non-hydrogen) atoms. The monoisotopic (exact) mass is 296 g/mol. The molecule has 112 valence electrons. The lowest BCUT2D eigenvalue weighted by Crippen LogP contribution is -2.34. The van der Waals surface area contributed by atoms with Gasteiger partial charge in [0.05, 0.1) is 18.5 Å². The molecule has 2 rings (SSSR count). The number of esters is 1. The molecule has 0 atom stereocenters. The van der Waals surface area contributed by atoms with Crippen LogP contribution < -0.4 is 5.01 Å². The number of benzene rings is 2. The largest absolute Gasteiger partial charge is 0.459 e. The number of hydrogen-bond acceptors (Lipinski definition) is 4. The Morgan fingerprint density at radius 2 is 1.64 bits per heavy atom. The minimum Gasteiger partial charge on any atom is -0.459 e. The highest BCUT2D eigenvalue weighted by Crippen LogP contribution is 2.14. The minimum absolute atomic E-state index is 0.135. The van der Waals surface area contributed by atoms with Crippen LogP contribution in [-0.2, 0) is 14.3 Å². The molecule has 0 saturated carbocycles. The third kappa shape index (κ3) is 4.02. The lowest BCUT2D eigenvalue weighted by molar-refractivity contribution is -0.153. The summed E-state index contributed by atoms with van der Waals surface area (Å²) >= 11 is 0. The number of anilines is 1. The number of carbonyl (C=O) groups is 2. The topological polar surface area (TPSA) is 59.0 Å². The second-order valence-electron chi connectivity index (χ2n) is 4.33. The van der Waals surface area contributed by atoms with Gasteiger partial charge in [-0.05, 0) is 24.6 Å². The summed E-state index contributed by atoms with van der Waals surface area (Å²) in [5.41, 5.74) is 1.31. The zero-order valence-corrected chi connectivity index (χ0v) is 12.2. The van der Waals surface area contributed by atoms with Crippen molar-refractivity contribution in [2.75, 3.05) is 11.6 Å². The smallest absolute Gasteiger partial charge is 0.399 e. The number of amides is 1. The summed E-state index contributed by atoms with van der Waals surface area (Å²) in [5, 5.41) is 5.16. The molecule has 2 aromatic rings. The highest BCUT2D eigenvalue weighted by Gasteiger charge is 2.24. The van der Waals surface area contributed by atoms with Crippen molar-refractivity contribution in [2.24, 2.45) is 5.10 Å². The predicted molar refractivity (Wildman–Crippen MR) is 84.6 cm³/mol. The first kappa shape index (κ1) is 15.4. The molecule has 0 aromatic heterocycles. The van der Waals surface area contributed by atoms with Gasteiger partial charge in [-0.15, -0.1) is 0 Å². The van der Waals surface area contributed by atoms with Crippen LogP contribution in [0.5, 0.6) is 0 Å². The van der Waals surface area contributed by atoms with E-state index in [1.165, 1.54) is 6.21 Å². The zero-order chi connectivity index (χ0) is 15.8. The molecule has 0 aliphatic carbocycles. The third-order valence-electron chi connectivity index (χ3n) is 2.77. The highest BCUT2D eigenvalue weighted by molar-refractivity contribution is 6.38. The van der Waals surface area contributed by atoms with Gasteiger partial charge in [0, 0.05) is 0 Å². The van der Waals surface area contributed by atoms with Gasteiger partial charge < -0.3 is 4.74 Å². The molecule has 0 spiro atoms. The van der Waals surface area contributed by atoms with E-state index >= 15 is 0 Å². The lowest BCUT2D eigenvalue weighted by atomic mass is 10.2. The van der Waals surface area contributed by atoms with E-state index in [4.69, 9.17) is 4.74 Å². The zero-order valence-electron chi connectivity index (χ0n) is 12.2. The molecule has 5 nitrogen and oxygen atoms in total. The molecule has 0 fully saturated rings. The molecule has 0 radical (unpaired) electrons. The summed E-state index contributed by atoms with van der Waals surface area (Å²) in [7, 11) is 0. The van der Waals surface area contributed by atoms with Crippen molar-refractivity contribution < 1.29 is 14.3 Å². The van der Waals surface area contributed by atoms with Crippen LogP contribution in [0.3, 0.4) is 0 Å². The molecular weight excluding hydrogens is 280 g/mol. The number of hydrazone groups is 1. The Hall–Kier alpha value is -2.95. The summed E-state index contributed by atoms with van der Waals surface area (Å²) in [4.78, 5) is 23.9. The number of nitrogens with zero attached hydrogens (tertiary/aromatic N) is 2. The molecule has 0 aliphatic heterocycles. The summed E-state index contributed by atoms with van der Waals surface area (Å²) in [5.74, 6) is -1.77. The molecule has 0 heterocycles. The predicted octanol–water partition coefficient (Wildman–Crippen LogP) is 2.62. The fourth-order valence-corrected chi connectivity index (χ4v) is 1.75. The van der Waals surface area contributed by atoms with E-state index in [2.05, 4.69) is 5.10 Å². The van der Waals surface area contributed by atoms with Crippen LogP contribution >= 0.6 is 0 Å². The summed E-state index contributed by atoms with van der Waals surface area (Å²) < 4.78 is 4.75. The Labute approximate surface area is 128 Å². The van der Waals surface area contributed by atoms with Gasteiger partial charge in [-0.1, -0.05) is 48.5 Å². The van der Waals surface area contributed by atoms with Crippen LogP contribution in [0.1, 0.15) is 12.5 Å². The Morgan fingerprint density at radius 1 is 1.05 bits per heavy atom. The van der Waals surface area contributed by atoms with Crippen LogP contribution in [0.2, 0.25) is 0 Å². The molecule has 0 saturated heterocycles. The van der Waals surface area contributed by atoms with Crippen molar-refractivity contribution in [3.05, 3.63) is 66.2 Å². The SMILES string of the molecule is CCOC(=O)C(=O)N(/N=C\c1ccccc1)c1ccccc1.